The number of piperidine rings is 1. The standard InChI is InChI=1S/C19H23N3O2/c1-14-12-20-13-21-19(14)16-6-8-22(9-7-16)18(23)11-15-4-3-5-17(10-15)24-2/h3-5,10,12-13,16H,6-9,11H2,1-2H3. The van der Waals surface area contributed by atoms with Crippen LogP contribution in [0.15, 0.2) is 36.8 Å². The number of nitrogens with zero attached hydrogens (tertiary/aromatic N) is 3. The third-order valence-corrected chi connectivity index (χ3v) is 4.66. The van der Waals surface area contributed by atoms with Crippen LogP contribution in [0.3, 0.4) is 0 Å². The van der Waals surface area contributed by atoms with E-state index in [0.717, 1.165) is 48.5 Å². The summed E-state index contributed by atoms with van der Waals surface area (Å²) in [7, 11) is 1.64. The Hall–Kier alpha value is -2.43. The lowest BCUT2D eigenvalue weighted by atomic mass is 9.91. The molecule has 0 aliphatic carbocycles. The van der Waals surface area contributed by atoms with Crippen LogP contribution in [0.2, 0.25) is 0 Å². The number of ether oxygens (including phenoxy) is 1. The quantitative estimate of drug-likeness (QED) is 0.867. The number of hydrogen-bond acceptors (Lipinski definition) is 4. The molecular weight excluding hydrogens is 302 g/mol. The molecule has 0 saturated carbocycles. The van der Waals surface area contributed by atoms with Crippen LogP contribution in [0.4, 0.5) is 0 Å². The molecule has 0 unspecified atom stereocenters. The molecule has 1 aromatic heterocycles. The molecule has 126 valence electrons. The van der Waals surface area contributed by atoms with Crippen molar-refractivity contribution < 1.29 is 9.53 Å². The van der Waals surface area contributed by atoms with Gasteiger partial charge in [-0.1, -0.05) is 12.1 Å². The fraction of sp³-hybridized carbons (Fsp3) is 0.421. The van der Waals surface area contributed by atoms with Crippen molar-refractivity contribution in [1.82, 2.24) is 14.9 Å². The molecule has 24 heavy (non-hydrogen) atoms. The molecule has 0 bridgehead atoms. The second-order valence-electron chi connectivity index (χ2n) is 6.27. The molecule has 1 aliphatic heterocycles. The van der Waals surface area contributed by atoms with E-state index in [0.29, 0.717) is 12.3 Å². The largest absolute Gasteiger partial charge is 0.497 e. The number of rotatable bonds is 4. The summed E-state index contributed by atoms with van der Waals surface area (Å²) in [5.41, 5.74) is 3.26. The summed E-state index contributed by atoms with van der Waals surface area (Å²) >= 11 is 0. The molecule has 5 nitrogen and oxygen atoms in total. The molecule has 0 spiro atoms. The Morgan fingerprint density at radius 3 is 2.83 bits per heavy atom. The summed E-state index contributed by atoms with van der Waals surface area (Å²) in [5, 5.41) is 0. The smallest absolute Gasteiger partial charge is 0.226 e. The highest BCUT2D eigenvalue weighted by atomic mass is 16.5. The van der Waals surface area contributed by atoms with Crippen LogP contribution in [0.25, 0.3) is 0 Å². The Kier molecular flexibility index (Phi) is 5.08. The maximum Gasteiger partial charge on any atom is 0.226 e. The van der Waals surface area contributed by atoms with E-state index >= 15 is 0 Å². The summed E-state index contributed by atoms with van der Waals surface area (Å²) in [6, 6.07) is 7.71. The predicted octanol–water partition coefficient (Wildman–Crippen LogP) is 2.74. The van der Waals surface area contributed by atoms with Crippen molar-refractivity contribution in [2.45, 2.75) is 32.1 Å². The van der Waals surface area contributed by atoms with Crippen LogP contribution < -0.4 is 4.74 Å². The van der Waals surface area contributed by atoms with Crippen molar-refractivity contribution >= 4 is 5.91 Å². The van der Waals surface area contributed by atoms with Crippen molar-refractivity contribution in [3.8, 4) is 5.75 Å². The Balaban J connectivity index is 1.58. The normalized spacial score (nSPS) is 15.3. The van der Waals surface area contributed by atoms with Crippen LogP contribution in [-0.2, 0) is 11.2 Å². The molecule has 0 N–H and O–H groups in total. The van der Waals surface area contributed by atoms with E-state index in [9.17, 15) is 4.79 Å². The van der Waals surface area contributed by atoms with Crippen molar-refractivity contribution in [1.29, 1.82) is 0 Å². The van der Waals surface area contributed by atoms with E-state index in [-0.39, 0.29) is 5.91 Å². The van der Waals surface area contributed by atoms with Gasteiger partial charge in [-0.25, -0.2) is 9.97 Å². The monoisotopic (exact) mass is 325 g/mol. The third kappa shape index (κ3) is 3.72. The van der Waals surface area contributed by atoms with Gasteiger partial charge in [0.05, 0.1) is 13.5 Å². The van der Waals surface area contributed by atoms with E-state index in [1.807, 2.05) is 35.4 Å². The van der Waals surface area contributed by atoms with Crippen LogP contribution in [0.1, 0.15) is 35.6 Å². The second-order valence-corrected chi connectivity index (χ2v) is 6.27. The maximum atomic E-state index is 12.5. The summed E-state index contributed by atoms with van der Waals surface area (Å²) in [6.07, 6.45) is 5.82. The first-order valence-electron chi connectivity index (χ1n) is 8.34. The minimum absolute atomic E-state index is 0.182. The van der Waals surface area contributed by atoms with E-state index in [1.165, 1.54) is 0 Å². The van der Waals surface area contributed by atoms with Crippen LogP contribution in [0, 0.1) is 6.92 Å². The van der Waals surface area contributed by atoms with Crippen LogP contribution in [-0.4, -0.2) is 41.0 Å². The molecule has 1 aliphatic rings. The minimum atomic E-state index is 0.182. The first-order valence-corrected chi connectivity index (χ1v) is 8.34. The van der Waals surface area contributed by atoms with Gasteiger partial charge in [0.2, 0.25) is 5.91 Å². The minimum Gasteiger partial charge on any atom is -0.497 e. The SMILES string of the molecule is COc1cccc(CC(=O)N2CCC(c3ncncc3C)CC2)c1. The molecule has 1 amide bonds. The Bertz CT molecular complexity index is 709. The highest BCUT2D eigenvalue weighted by molar-refractivity contribution is 5.79. The van der Waals surface area contributed by atoms with Crippen LogP contribution in [0.5, 0.6) is 5.75 Å². The summed E-state index contributed by atoms with van der Waals surface area (Å²) < 4.78 is 5.22. The number of likely N-dealkylation sites (tertiary alicyclic amines) is 1. The number of carbonyl (C=O) groups excluding carboxylic acids is 1. The molecule has 3 rings (SSSR count). The number of aromatic nitrogens is 2. The van der Waals surface area contributed by atoms with Crippen molar-refractivity contribution in [3.63, 3.8) is 0 Å². The third-order valence-electron chi connectivity index (χ3n) is 4.66. The van der Waals surface area contributed by atoms with Gasteiger partial charge in [-0.15, -0.1) is 0 Å². The fourth-order valence-corrected chi connectivity index (χ4v) is 3.31. The Labute approximate surface area is 142 Å². The molecule has 5 heteroatoms. The lowest BCUT2D eigenvalue weighted by Crippen LogP contribution is -2.39. The zero-order valence-electron chi connectivity index (χ0n) is 14.2. The zero-order chi connectivity index (χ0) is 16.9. The average molecular weight is 325 g/mol. The highest BCUT2D eigenvalue weighted by Crippen LogP contribution is 2.28. The summed E-state index contributed by atoms with van der Waals surface area (Å²) in [5.74, 6) is 1.40. The van der Waals surface area contributed by atoms with Gasteiger partial charge in [0.1, 0.15) is 12.1 Å². The highest BCUT2D eigenvalue weighted by Gasteiger charge is 2.25. The summed E-state index contributed by atoms with van der Waals surface area (Å²) in [6.45, 7) is 3.63. The number of benzene rings is 1. The van der Waals surface area contributed by atoms with Gasteiger partial charge < -0.3 is 9.64 Å². The number of amides is 1. The predicted molar refractivity (Wildman–Crippen MR) is 92.0 cm³/mol. The van der Waals surface area contributed by atoms with Gasteiger partial charge in [-0.3, -0.25) is 4.79 Å². The summed E-state index contributed by atoms with van der Waals surface area (Å²) in [4.78, 5) is 23.0. The molecule has 0 atom stereocenters. The van der Waals surface area contributed by atoms with Gasteiger partial charge in [-0.05, 0) is 43.0 Å². The molecule has 2 aromatic rings. The fourth-order valence-electron chi connectivity index (χ4n) is 3.31. The van der Waals surface area contributed by atoms with Crippen molar-refractivity contribution in [2.24, 2.45) is 0 Å². The average Bonchev–Trinajstić information content (AvgIpc) is 2.62. The lowest BCUT2D eigenvalue weighted by Gasteiger charge is -2.32. The number of hydrogen-bond donors (Lipinski definition) is 0. The zero-order valence-corrected chi connectivity index (χ0v) is 14.2. The lowest BCUT2D eigenvalue weighted by molar-refractivity contribution is -0.131. The molecule has 1 saturated heterocycles. The first kappa shape index (κ1) is 16.4. The first-order chi connectivity index (χ1) is 11.7. The van der Waals surface area contributed by atoms with Gasteiger partial charge in [0.25, 0.3) is 0 Å². The van der Waals surface area contributed by atoms with Crippen molar-refractivity contribution in [3.05, 3.63) is 53.6 Å². The van der Waals surface area contributed by atoms with Gasteiger partial charge in [0.15, 0.2) is 0 Å². The van der Waals surface area contributed by atoms with Crippen molar-refractivity contribution in [2.75, 3.05) is 20.2 Å². The number of aryl methyl sites for hydroxylation is 1. The number of carbonyl (C=O) groups is 1. The topological polar surface area (TPSA) is 55.3 Å². The molecule has 1 aromatic carbocycles. The van der Waals surface area contributed by atoms with Gasteiger partial charge in [-0.2, -0.15) is 0 Å². The molecule has 1 fully saturated rings. The van der Waals surface area contributed by atoms with E-state index in [4.69, 9.17) is 4.74 Å². The second kappa shape index (κ2) is 7.43. The molecule has 2 heterocycles. The van der Waals surface area contributed by atoms with Gasteiger partial charge in [0, 0.05) is 30.9 Å². The Morgan fingerprint density at radius 2 is 2.12 bits per heavy atom. The maximum absolute atomic E-state index is 12.5. The van der Waals surface area contributed by atoms with Crippen LogP contribution >= 0.6 is 0 Å². The molecule has 0 radical (unpaired) electrons. The number of methoxy groups -OCH3 is 1. The van der Waals surface area contributed by atoms with E-state index in [2.05, 4.69) is 16.9 Å². The van der Waals surface area contributed by atoms with Gasteiger partial charge >= 0.3 is 0 Å². The van der Waals surface area contributed by atoms with E-state index < -0.39 is 0 Å². The molecular formula is C19H23N3O2. The Morgan fingerprint density at radius 1 is 1.33 bits per heavy atom. The van der Waals surface area contributed by atoms with E-state index in [1.54, 1.807) is 13.4 Å².